The van der Waals surface area contributed by atoms with Gasteiger partial charge in [-0.1, -0.05) is 30.2 Å². The van der Waals surface area contributed by atoms with Gasteiger partial charge in [0.2, 0.25) is 0 Å². The van der Waals surface area contributed by atoms with E-state index in [1.165, 1.54) is 51.3 Å². The fourth-order valence-electron chi connectivity index (χ4n) is 5.95. The number of benzene rings is 1. The monoisotopic (exact) mass is 385 g/mol. The minimum absolute atomic E-state index is 0.245. The summed E-state index contributed by atoms with van der Waals surface area (Å²) in [6, 6.07) is 7.96. The van der Waals surface area contributed by atoms with Crippen LogP contribution in [-0.4, -0.2) is 46.6 Å². The molecular formula is C22H28FN3S. The lowest BCUT2D eigenvalue weighted by Crippen LogP contribution is -2.60. The van der Waals surface area contributed by atoms with Gasteiger partial charge in [-0.3, -0.25) is 4.90 Å². The molecule has 0 radical (unpaired) electrons. The quantitative estimate of drug-likeness (QED) is 0.570. The molecule has 27 heavy (non-hydrogen) atoms. The SMILES string of the molecule is Fc1ccccc1NC(=S)N1CCCC2=CC3CC(CN4CCCC[C@H]34)[C@@H]21. The zero-order chi connectivity index (χ0) is 18.4. The van der Waals surface area contributed by atoms with Crippen molar-refractivity contribution in [2.45, 2.75) is 50.6 Å². The Balaban J connectivity index is 1.40. The van der Waals surface area contributed by atoms with Gasteiger partial charge in [0.15, 0.2) is 5.11 Å². The number of nitrogens with one attached hydrogen (secondary N) is 1. The average molecular weight is 386 g/mol. The zero-order valence-electron chi connectivity index (χ0n) is 15.7. The lowest BCUT2D eigenvalue weighted by Gasteiger charge is -2.55. The summed E-state index contributed by atoms with van der Waals surface area (Å²) in [5.41, 5.74) is 2.07. The Kier molecular flexibility index (Phi) is 4.68. The molecule has 0 spiro atoms. The first-order valence-corrected chi connectivity index (χ1v) is 10.9. The highest BCUT2D eigenvalue weighted by Gasteiger charge is 2.46. The van der Waals surface area contributed by atoms with Crippen molar-refractivity contribution in [3.63, 3.8) is 0 Å². The van der Waals surface area contributed by atoms with Crippen LogP contribution < -0.4 is 5.32 Å². The minimum Gasteiger partial charge on any atom is -0.342 e. The van der Waals surface area contributed by atoms with E-state index in [0.717, 1.165) is 24.9 Å². The molecule has 3 heterocycles. The molecule has 3 aliphatic heterocycles. The maximum atomic E-state index is 14.1. The van der Waals surface area contributed by atoms with Gasteiger partial charge in [-0.05, 0) is 74.8 Å². The number of nitrogens with zero attached hydrogens (tertiary/aromatic N) is 2. The van der Waals surface area contributed by atoms with Crippen molar-refractivity contribution in [2.75, 3.05) is 25.0 Å². The fraction of sp³-hybridized carbons (Fsp3) is 0.591. The molecule has 3 fully saturated rings. The molecule has 4 aliphatic rings. The molecule has 3 saturated heterocycles. The van der Waals surface area contributed by atoms with E-state index in [2.05, 4.69) is 21.2 Å². The summed E-state index contributed by atoms with van der Waals surface area (Å²) in [6.07, 6.45) is 10.3. The maximum absolute atomic E-state index is 14.1. The van der Waals surface area contributed by atoms with Crippen molar-refractivity contribution in [1.82, 2.24) is 9.80 Å². The van der Waals surface area contributed by atoms with Crippen LogP contribution in [0.1, 0.15) is 38.5 Å². The highest BCUT2D eigenvalue weighted by atomic mass is 32.1. The number of thiocarbonyl (C=S) groups is 1. The second-order valence-corrected chi connectivity index (χ2v) is 9.00. The summed E-state index contributed by atoms with van der Waals surface area (Å²) in [4.78, 5) is 5.10. The van der Waals surface area contributed by atoms with E-state index in [-0.39, 0.29) is 5.82 Å². The standard InChI is InChI=1S/C22H28FN3S/c23-18-7-1-2-8-19(18)24-22(27)26-11-5-6-15-12-16-13-17(21(15)26)14-25-10-4-3-9-20(16)25/h1-2,7-8,12,16-17,20-21H,3-6,9-11,13-14H2,(H,24,27)/t16?,17?,20-,21-/m1/s1. The summed E-state index contributed by atoms with van der Waals surface area (Å²) in [5, 5.41) is 3.86. The number of fused-ring (bicyclic) bond motifs is 6. The first-order chi connectivity index (χ1) is 13.2. The fourth-order valence-corrected chi connectivity index (χ4v) is 6.27. The summed E-state index contributed by atoms with van der Waals surface area (Å²) in [5.74, 6) is 1.12. The van der Waals surface area contributed by atoms with E-state index >= 15 is 0 Å². The number of halogens is 1. The van der Waals surface area contributed by atoms with Gasteiger partial charge < -0.3 is 10.2 Å². The Morgan fingerprint density at radius 3 is 2.93 bits per heavy atom. The summed E-state index contributed by atoms with van der Waals surface area (Å²) >= 11 is 5.75. The molecule has 1 aromatic rings. The highest BCUT2D eigenvalue weighted by Crippen LogP contribution is 2.45. The molecule has 0 amide bonds. The van der Waals surface area contributed by atoms with Crippen LogP contribution in [0.15, 0.2) is 35.9 Å². The Hall–Kier alpha value is -1.46. The van der Waals surface area contributed by atoms with Crippen molar-refractivity contribution >= 4 is 23.0 Å². The molecule has 2 unspecified atom stereocenters. The first-order valence-electron chi connectivity index (χ1n) is 10.5. The molecular weight excluding hydrogens is 357 g/mol. The van der Waals surface area contributed by atoms with Crippen LogP contribution in [0.3, 0.4) is 0 Å². The molecule has 2 bridgehead atoms. The zero-order valence-corrected chi connectivity index (χ0v) is 16.6. The van der Waals surface area contributed by atoms with Crippen LogP contribution in [0.25, 0.3) is 0 Å². The number of hydrogen-bond donors (Lipinski definition) is 1. The number of rotatable bonds is 1. The van der Waals surface area contributed by atoms with Crippen molar-refractivity contribution in [2.24, 2.45) is 11.8 Å². The van der Waals surface area contributed by atoms with Gasteiger partial charge in [0.05, 0.1) is 11.7 Å². The minimum atomic E-state index is -0.245. The topological polar surface area (TPSA) is 18.5 Å². The predicted octanol–water partition coefficient (Wildman–Crippen LogP) is 4.42. The largest absolute Gasteiger partial charge is 0.342 e. The Labute approximate surface area is 166 Å². The normalized spacial score (nSPS) is 32.9. The van der Waals surface area contributed by atoms with E-state index in [1.807, 2.05) is 6.07 Å². The molecule has 144 valence electrons. The lowest BCUT2D eigenvalue weighted by atomic mass is 9.68. The van der Waals surface area contributed by atoms with Gasteiger partial charge in [0, 0.05) is 19.1 Å². The molecule has 5 rings (SSSR count). The molecule has 0 aromatic heterocycles. The van der Waals surface area contributed by atoms with Crippen molar-refractivity contribution in [3.8, 4) is 0 Å². The number of hydrogen-bond acceptors (Lipinski definition) is 2. The van der Waals surface area contributed by atoms with E-state index in [9.17, 15) is 4.39 Å². The van der Waals surface area contributed by atoms with E-state index in [4.69, 9.17) is 12.2 Å². The van der Waals surface area contributed by atoms with Crippen LogP contribution in [0.4, 0.5) is 10.1 Å². The Morgan fingerprint density at radius 1 is 1.15 bits per heavy atom. The third-order valence-corrected chi connectivity index (χ3v) is 7.37. The van der Waals surface area contributed by atoms with Gasteiger partial charge in [-0.25, -0.2) is 4.39 Å². The van der Waals surface area contributed by atoms with Crippen LogP contribution in [0.2, 0.25) is 0 Å². The van der Waals surface area contributed by atoms with E-state index in [0.29, 0.717) is 22.8 Å². The van der Waals surface area contributed by atoms with Crippen LogP contribution in [0.5, 0.6) is 0 Å². The number of anilines is 1. The lowest BCUT2D eigenvalue weighted by molar-refractivity contribution is 0.0132. The maximum Gasteiger partial charge on any atom is 0.174 e. The van der Waals surface area contributed by atoms with Gasteiger partial charge in [0.1, 0.15) is 5.82 Å². The average Bonchev–Trinajstić information content (AvgIpc) is 2.69. The molecule has 1 N–H and O–H groups in total. The molecule has 1 aromatic carbocycles. The second-order valence-electron chi connectivity index (χ2n) is 8.61. The van der Waals surface area contributed by atoms with Crippen LogP contribution in [0, 0.1) is 17.7 Å². The summed E-state index contributed by atoms with van der Waals surface area (Å²) in [7, 11) is 0. The molecule has 5 heteroatoms. The Bertz CT molecular complexity index is 764. The first kappa shape index (κ1) is 17.6. The Morgan fingerprint density at radius 2 is 2.04 bits per heavy atom. The molecule has 1 aliphatic carbocycles. The summed E-state index contributed by atoms with van der Waals surface area (Å²) < 4.78 is 14.1. The third-order valence-electron chi connectivity index (χ3n) is 7.03. The van der Waals surface area contributed by atoms with Gasteiger partial charge in [-0.2, -0.15) is 0 Å². The van der Waals surface area contributed by atoms with Crippen molar-refractivity contribution in [3.05, 3.63) is 41.7 Å². The summed E-state index contributed by atoms with van der Waals surface area (Å²) in [6.45, 7) is 3.42. The molecule has 0 saturated carbocycles. The predicted molar refractivity (Wildman–Crippen MR) is 111 cm³/mol. The van der Waals surface area contributed by atoms with Crippen LogP contribution in [-0.2, 0) is 0 Å². The van der Waals surface area contributed by atoms with E-state index < -0.39 is 0 Å². The van der Waals surface area contributed by atoms with Gasteiger partial charge in [0.25, 0.3) is 0 Å². The number of piperidine rings is 3. The number of likely N-dealkylation sites (tertiary alicyclic amines) is 1. The van der Waals surface area contributed by atoms with Gasteiger partial charge in [-0.15, -0.1) is 0 Å². The highest BCUT2D eigenvalue weighted by molar-refractivity contribution is 7.80. The smallest absolute Gasteiger partial charge is 0.174 e. The molecule has 3 nitrogen and oxygen atoms in total. The van der Waals surface area contributed by atoms with Crippen LogP contribution >= 0.6 is 12.2 Å². The third kappa shape index (κ3) is 3.19. The second kappa shape index (κ2) is 7.17. The van der Waals surface area contributed by atoms with E-state index in [1.54, 1.807) is 17.7 Å². The van der Waals surface area contributed by atoms with Crippen molar-refractivity contribution < 1.29 is 4.39 Å². The number of para-hydroxylation sites is 1. The molecule has 4 atom stereocenters. The van der Waals surface area contributed by atoms with Gasteiger partial charge >= 0.3 is 0 Å². The van der Waals surface area contributed by atoms with Crippen molar-refractivity contribution in [1.29, 1.82) is 0 Å².